The first-order chi connectivity index (χ1) is 9.75. The van der Waals surface area contributed by atoms with E-state index in [0.29, 0.717) is 11.8 Å². The topological polar surface area (TPSA) is 43.6 Å². The standard InChI is InChI=1S/C15H13ClN4/c1-11-9-17-8-7-13(11)10-20-14(18-19-15(20)16)12-5-3-2-4-6-12/h2-9H,10H2,1H3. The maximum absolute atomic E-state index is 6.17. The Kier molecular flexibility index (Phi) is 3.48. The predicted octanol–water partition coefficient (Wildman–Crippen LogP) is 3.35. The lowest BCUT2D eigenvalue weighted by atomic mass is 10.1. The van der Waals surface area contributed by atoms with Crippen molar-refractivity contribution in [2.45, 2.75) is 13.5 Å². The molecule has 0 saturated heterocycles. The molecule has 3 aromatic rings. The van der Waals surface area contributed by atoms with Crippen LogP contribution in [-0.4, -0.2) is 19.7 Å². The lowest BCUT2D eigenvalue weighted by molar-refractivity contribution is 0.796. The van der Waals surface area contributed by atoms with E-state index >= 15 is 0 Å². The Bertz CT molecular complexity index is 722. The first-order valence-corrected chi connectivity index (χ1v) is 6.67. The highest BCUT2D eigenvalue weighted by atomic mass is 35.5. The zero-order valence-electron chi connectivity index (χ0n) is 11.0. The highest BCUT2D eigenvalue weighted by Gasteiger charge is 2.13. The van der Waals surface area contributed by atoms with Gasteiger partial charge in [-0.05, 0) is 35.7 Å². The molecule has 0 N–H and O–H groups in total. The SMILES string of the molecule is Cc1cnccc1Cn1c(Cl)nnc1-c1ccccc1. The van der Waals surface area contributed by atoms with Crippen LogP contribution >= 0.6 is 11.6 Å². The molecule has 0 atom stereocenters. The third-order valence-electron chi connectivity index (χ3n) is 3.20. The monoisotopic (exact) mass is 284 g/mol. The molecule has 0 saturated carbocycles. The molecule has 0 aliphatic carbocycles. The van der Waals surface area contributed by atoms with Gasteiger partial charge >= 0.3 is 0 Å². The second kappa shape index (κ2) is 5.43. The van der Waals surface area contributed by atoms with Gasteiger partial charge in [0.1, 0.15) is 0 Å². The maximum Gasteiger partial charge on any atom is 0.225 e. The van der Waals surface area contributed by atoms with Crippen molar-refractivity contribution in [3.05, 3.63) is 65.2 Å². The molecule has 0 radical (unpaired) electrons. The van der Waals surface area contributed by atoms with Gasteiger partial charge in [0.15, 0.2) is 5.82 Å². The van der Waals surface area contributed by atoms with Crippen molar-refractivity contribution in [3.63, 3.8) is 0 Å². The molecule has 3 rings (SSSR count). The van der Waals surface area contributed by atoms with E-state index in [9.17, 15) is 0 Å². The van der Waals surface area contributed by atoms with Crippen molar-refractivity contribution in [2.75, 3.05) is 0 Å². The van der Waals surface area contributed by atoms with E-state index in [1.165, 1.54) is 0 Å². The number of aryl methyl sites for hydroxylation is 1. The number of benzene rings is 1. The molecule has 0 bridgehead atoms. The van der Waals surface area contributed by atoms with Gasteiger partial charge in [-0.15, -0.1) is 10.2 Å². The van der Waals surface area contributed by atoms with Crippen molar-refractivity contribution in [2.24, 2.45) is 0 Å². The van der Waals surface area contributed by atoms with E-state index in [-0.39, 0.29) is 0 Å². The van der Waals surface area contributed by atoms with Crippen molar-refractivity contribution in [1.29, 1.82) is 0 Å². The highest BCUT2D eigenvalue weighted by Crippen LogP contribution is 2.22. The van der Waals surface area contributed by atoms with Crippen LogP contribution in [0.1, 0.15) is 11.1 Å². The number of pyridine rings is 1. The lowest BCUT2D eigenvalue weighted by Crippen LogP contribution is -2.04. The average molecular weight is 285 g/mol. The largest absolute Gasteiger partial charge is 0.293 e. The molecule has 20 heavy (non-hydrogen) atoms. The smallest absolute Gasteiger partial charge is 0.225 e. The van der Waals surface area contributed by atoms with Gasteiger partial charge in [0, 0.05) is 18.0 Å². The number of hydrogen-bond acceptors (Lipinski definition) is 3. The van der Waals surface area contributed by atoms with Gasteiger partial charge in [0.2, 0.25) is 5.28 Å². The first-order valence-electron chi connectivity index (χ1n) is 6.29. The molecular weight excluding hydrogens is 272 g/mol. The summed E-state index contributed by atoms with van der Waals surface area (Å²) in [5, 5.41) is 8.55. The van der Waals surface area contributed by atoms with Crippen molar-refractivity contribution in [3.8, 4) is 11.4 Å². The van der Waals surface area contributed by atoms with Crippen LogP contribution < -0.4 is 0 Å². The summed E-state index contributed by atoms with van der Waals surface area (Å²) in [6.07, 6.45) is 3.62. The molecule has 0 spiro atoms. The Morgan fingerprint density at radius 3 is 2.65 bits per heavy atom. The third-order valence-corrected chi connectivity index (χ3v) is 3.48. The molecule has 0 aliphatic rings. The number of aromatic nitrogens is 4. The quantitative estimate of drug-likeness (QED) is 0.741. The summed E-state index contributed by atoms with van der Waals surface area (Å²) >= 11 is 6.17. The summed E-state index contributed by atoms with van der Waals surface area (Å²) in [5.41, 5.74) is 3.27. The summed E-state index contributed by atoms with van der Waals surface area (Å²) in [5.74, 6) is 0.770. The molecule has 2 heterocycles. The van der Waals surface area contributed by atoms with Crippen LogP contribution in [0.5, 0.6) is 0 Å². The predicted molar refractivity (Wildman–Crippen MR) is 78.5 cm³/mol. The summed E-state index contributed by atoms with van der Waals surface area (Å²) in [4.78, 5) is 4.10. The van der Waals surface area contributed by atoms with E-state index in [2.05, 4.69) is 15.2 Å². The van der Waals surface area contributed by atoms with E-state index in [0.717, 1.165) is 22.5 Å². The minimum absolute atomic E-state index is 0.389. The van der Waals surface area contributed by atoms with E-state index < -0.39 is 0 Å². The van der Waals surface area contributed by atoms with Gasteiger partial charge in [0.25, 0.3) is 0 Å². The van der Waals surface area contributed by atoms with Gasteiger partial charge in [0.05, 0.1) is 6.54 Å². The Morgan fingerprint density at radius 2 is 1.90 bits per heavy atom. The van der Waals surface area contributed by atoms with Crippen LogP contribution in [0.3, 0.4) is 0 Å². The normalized spacial score (nSPS) is 10.7. The minimum atomic E-state index is 0.389. The molecule has 5 heteroatoms. The van der Waals surface area contributed by atoms with Crippen LogP contribution in [-0.2, 0) is 6.54 Å². The summed E-state index contributed by atoms with van der Waals surface area (Å²) in [6, 6.07) is 11.9. The van der Waals surface area contributed by atoms with Gasteiger partial charge in [-0.3, -0.25) is 9.55 Å². The lowest BCUT2D eigenvalue weighted by Gasteiger charge is -2.09. The average Bonchev–Trinajstić information content (AvgIpc) is 2.84. The molecule has 4 nitrogen and oxygen atoms in total. The van der Waals surface area contributed by atoms with Gasteiger partial charge in [-0.25, -0.2) is 0 Å². The second-order valence-corrected chi connectivity index (χ2v) is 4.89. The van der Waals surface area contributed by atoms with Crippen molar-refractivity contribution >= 4 is 11.6 Å². The number of rotatable bonds is 3. The number of nitrogens with zero attached hydrogens (tertiary/aromatic N) is 4. The van der Waals surface area contributed by atoms with Crippen molar-refractivity contribution < 1.29 is 0 Å². The molecular formula is C15H13ClN4. The first kappa shape index (κ1) is 12.8. The van der Waals surface area contributed by atoms with Crippen LogP contribution in [0.15, 0.2) is 48.8 Å². The van der Waals surface area contributed by atoms with Gasteiger partial charge in [-0.2, -0.15) is 0 Å². The minimum Gasteiger partial charge on any atom is -0.293 e. The summed E-state index contributed by atoms with van der Waals surface area (Å²) < 4.78 is 1.90. The molecule has 0 amide bonds. The molecule has 0 fully saturated rings. The highest BCUT2D eigenvalue weighted by molar-refractivity contribution is 6.28. The molecule has 100 valence electrons. The fraction of sp³-hybridized carbons (Fsp3) is 0.133. The fourth-order valence-electron chi connectivity index (χ4n) is 2.07. The third kappa shape index (κ3) is 2.42. The Hall–Kier alpha value is -2.20. The van der Waals surface area contributed by atoms with Crippen LogP contribution in [0.4, 0.5) is 0 Å². The summed E-state index contributed by atoms with van der Waals surface area (Å²) in [7, 11) is 0. The van der Waals surface area contributed by atoms with Crippen molar-refractivity contribution in [1.82, 2.24) is 19.7 Å². The second-order valence-electron chi connectivity index (χ2n) is 4.55. The van der Waals surface area contributed by atoms with Crippen LogP contribution in [0.2, 0.25) is 5.28 Å². The fourth-order valence-corrected chi connectivity index (χ4v) is 2.25. The molecule has 1 aromatic carbocycles. The molecule has 0 unspecified atom stereocenters. The Labute approximate surface area is 122 Å². The zero-order valence-corrected chi connectivity index (χ0v) is 11.7. The van der Waals surface area contributed by atoms with Crippen LogP contribution in [0.25, 0.3) is 11.4 Å². The van der Waals surface area contributed by atoms with E-state index in [1.807, 2.05) is 54.1 Å². The molecule has 0 aliphatic heterocycles. The number of halogens is 1. The van der Waals surface area contributed by atoms with Gasteiger partial charge < -0.3 is 0 Å². The maximum atomic E-state index is 6.17. The van der Waals surface area contributed by atoms with E-state index in [1.54, 1.807) is 6.20 Å². The molecule has 2 aromatic heterocycles. The Balaban J connectivity index is 2.03. The zero-order chi connectivity index (χ0) is 13.9. The number of hydrogen-bond donors (Lipinski definition) is 0. The summed E-state index contributed by atoms with van der Waals surface area (Å²) in [6.45, 7) is 2.66. The Morgan fingerprint density at radius 1 is 1.10 bits per heavy atom. The van der Waals surface area contributed by atoms with E-state index in [4.69, 9.17) is 11.6 Å². The van der Waals surface area contributed by atoms with Gasteiger partial charge in [-0.1, -0.05) is 30.3 Å². The van der Waals surface area contributed by atoms with Crippen LogP contribution in [0, 0.1) is 6.92 Å².